The summed E-state index contributed by atoms with van der Waals surface area (Å²) in [7, 11) is 0. The second-order valence-corrected chi connectivity index (χ2v) is 17.9. The molecule has 0 atom stereocenters. The highest BCUT2D eigenvalue weighted by Crippen LogP contribution is 2.45. The van der Waals surface area contributed by atoms with Crippen LogP contribution in [0.1, 0.15) is 0 Å². The van der Waals surface area contributed by atoms with E-state index in [1.165, 1.54) is 43.1 Å². The minimum atomic E-state index is 0.555. The summed E-state index contributed by atoms with van der Waals surface area (Å²) in [4.78, 5) is 16.5. The van der Waals surface area contributed by atoms with Gasteiger partial charge in [-0.15, -0.1) is 0 Å². The topological polar surface area (TPSA) is 56.7 Å². The molecular formula is C63H36N4O. The third-order valence-corrected chi connectivity index (χ3v) is 14.1. The second-order valence-electron chi connectivity index (χ2n) is 17.9. The monoisotopic (exact) mass is 864 g/mol. The van der Waals surface area contributed by atoms with E-state index in [2.05, 4.69) is 217 Å². The van der Waals surface area contributed by atoms with Gasteiger partial charge in [0.25, 0.3) is 0 Å². The fourth-order valence-electron chi connectivity index (χ4n) is 11.1. The Morgan fingerprint density at radius 3 is 1.44 bits per heavy atom. The first kappa shape index (κ1) is 37.1. The molecular weight excluding hydrogens is 829 g/mol. The van der Waals surface area contributed by atoms with E-state index in [0.717, 1.165) is 87.7 Å². The van der Waals surface area contributed by atoms with Crippen LogP contribution in [0.15, 0.2) is 223 Å². The summed E-state index contributed by atoms with van der Waals surface area (Å²) in [5.74, 6) is 1.76. The number of rotatable bonds is 4. The van der Waals surface area contributed by atoms with Crippen LogP contribution in [0.3, 0.4) is 0 Å². The Labute approximate surface area is 388 Å². The fraction of sp³-hybridized carbons (Fsp3) is 0. The van der Waals surface area contributed by atoms with E-state index in [-0.39, 0.29) is 0 Å². The second kappa shape index (κ2) is 14.2. The molecule has 0 aliphatic carbocycles. The van der Waals surface area contributed by atoms with Crippen LogP contribution in [0.2, 0.25) is 0 Å². The van der Waals surface area contributed by atoms with Gasteiger partial charge in [-0.25, -0.2) is 15.0 Å². The van der Waals surface area contributed by atoms with Crippen molar-refractivity contribution in [1.29, 1.82) is 0 Å². The molecule has 0 saturated heterocycles. The van der Waals surface area contributed by atoms with Crippen LogP contribution in [-0.2, 0) is 0 Å². The molecule has 5 nitrogen and oxygen atoms in total. The highest BCUT2D eigenvalue weighted by atomic mass is 16.3. The van der Waals surface area contributed by atoms with Crippen molar-refractivity contribution in [2.75, 3.05) is 0 Å². The Bertz CT molecular complexity index is 4500. The van der Waals surface area contributed by atoms with Crippen LogP contribution in [0.5, 0.6) is 0 Å². The molecule has 12 aromatic carbocycles. The van der Waals surface area contributed by atoms with Gasteiger partial charge in [0.15, 0.2) is 17.5 Å². The number of hydrogen-bond donors (Lipinski definition) is 0. The Hall–Kier alpha value is -9.19. The molecule has 3 heterocycles. The van der Waals surface area contributed by atoms with Gasteiger partial charge in [0.05, 0.1) is 22.1 Å². The number of para-hydroxylation sites is 1. The van der Waals surface area contributed by atoms with E-state index in [1.807, 2.05) is 6.07 Å². The summed E-state index contributed by atoms with van der Waals surface area (Å²) in [6, 6.07) is 78.1. The minimum absolute atomic E-state index is 0.555. The van der Waals surface area contributed by atoms with Gasteiger partial charge in [0, 0.05) is 32.8 Å². The molecule has 68 heavy (non-hydrogen) atoms. The fourth-order valence-corrected chi connectivity index (χ4v) is 11.1. The standard InChI is InChI=1S/C63H36N4O/c1-2-17-39-34-55-53(31-38(39)16-1)59-45-22-8-3-15-37(45)29-30-54(59)67(55)56-35-42(36-58-60(56)50-27-13-14-28-57(50)68-58)61-64-62(51-32-40-18-4-6-20-43(40)46-23-9-11-25-48(46)51)66-63(65-61)52-33-41-19-5-7-21-44(41)47-24-10-12-26-49(47)52/h1-36H. The summed E-state index contributed by atoms with van der Waals surface area (Å²) < 4.78 is 9.31. The van der Waals surface area contributed by atoms with E-state index in [4.69, 9.17) is 19.4 Å². The first-order valence-corrected chi connectivity index (χ1v) is 23.1. The molecule has 0 N–H and O–H groups in total. The average molecular weight is 865 g/mol. The van der Waals surface area contributed by atoms with Gasteiger partial charge in [-0.05, 0) is 113 Å². The average Bonchev–Trinajstić information content (AvgIpc) is 3.95. The van der Waals surface area contributed by atoms with Crippen molar-refractivity contribution in [3.63, 3.8) is 0 Å². The third kappa shape index (κ3) is 5.41. The van der Waals surface area contributed by atoms with Crippen LogP contribution >= 0.6 is 0 Å². The first-order chi connectivity index (χ1) is 33.7. The van der Waals surface area contributed by atoms with Gasteiger partial charge in [0.2, 0.25) is 0 Å². The number of aromatic nitrogens is 4. The molecule has 5 heteroatoms. The zero-order valence-corrected chi connectivity index (χ0v) is 36.5. The minimum Gasteiger partial charge on any atom is -0.456 e. The van der Waals surface area contributed by atoms with Gasteiger partial charge >= 0.3 is 0 Å². The van der Waals surface area contributed by atoms with Crippen LogP contribution in [0.25, 0.3) is 148 Å². The van der Waals surface area contributed by atoms with Crippen molar-refractivity contribution in [3.05, 3.63) is 218 Å². The zero-order valence-electron chi connectivity index (χ0n) is 36.5. The quantitative estimate of drug-likeness (QED) is 0.165. The van der Waals surface area contributed by atoms with Crippen molar-refractivity contribution < 1.29 is 4.42 Å². The lowest BCUT2D eigenvalue weighted by molar-refractivity contribution is 0.669. The van der Waals surface area contributed by atoms with Crippen LogP contribution in [0, 0.1) is 0 Å². The lowest BCUT2D eigenvalue weighted by Crippen LogP contribution is -2.02. The summed E-state index contributed by atoms with van der Waals surface area (Å²) in [6.45, 7) is 0. The zero-order chi connectivity index (χ0) is 44.5. The predicted molar refractivity (Wildman–Crippen MR) is 283 cm³/mol. The molecule has 0 spiro atoms. The van der Waals surface area contributed by atoms with Crippen molar-refractivity contribution in [2.45, 2.75) is 0 Å². The lowest BCUT2D eigenvalue weighted by Gasteiger charge is -2.15. The maximum Gasteiger partial charge on any atom is 0.164 e. The molecule has 0 aliphatic heterocycles. The van der Waals surface area contributed by atoms with Crippen molar-refractivity contribution >= 4 is 108 Å². The SMILES string of the molecule is c1ccc2cc3c(cc2c1)c1c2ccccc2ccc1n3-c1cc(-c2nc(-c3cc4ccccc4c4ccccc34)nc(-c3cc4ccccc4c4ccccc34)n2)cc2oc3ccccc3c12. The van der Waals surface area contributed by atoms with E-state index < -0.39 is 0 Å². The van der Waals surface area contributed by atoms with E-state index in [9.17, 15) is 0 Å². The molecule has 15 aromatic rings. The molecule has 0 fully saturated rings. The van der Waals surface area contributed by atoms with Crippen LogP contribution in [0.4, 0.5) is 0 Å². The van der Waals surface area contributed by atoms with E-state index in [1.54, 1.807) is 0 Å². The van der Waals surface area contributed by atoms with Crippen molar-refractivity contribution in [2.24, 2.45) is 0 Å². The Morgan fingerprint density at radius 1 is 0.294 bits per heavy atom. The maximum atomic E-state index is 6.87. The molecule has 0 amide bonds. The molecule has 0 bridgehead atoms. The first-order valence-electron chi connectivity index (χ1n) is 23.1. The number of benzene rings is 12. The van der Waals surface area contributed by atoms with Gasteiger partial charge in [-0.1, -0.05) is 170 Å². The maximum absolute atomic E-state index is 6.87. The summed E-state index contributed by atoms with van der Waals surface area (Å²) in [5, 5.41) is 18.4. The highest BCUT2D eigenvalue weighted by Gasteiger charge is 2.24. The van der Waals surface area contributed by atoms with Gasteiger partial charge in [-0.2, -0.15) is 0 Å². The van der Waals surface area contributed by atoms with Crippen LogP contribution < -0.4 is 0 Å². The smallest absolute Gasteiger partial charge is 0.164 e. The number of hydrogen-bond acceptors (Lipinski definition) is 4. The van der Waals surface area contributed by atoms with E-state index in [0.29, 0.717) is 17.5 Å². The summed E-state index contributed by atoms with van der Waals surface area (Å²) in [5.41, 5.74) is 7.50. The molecule has 0 unspecified atom stereocenters. The Balaban J connectivity index is 1.08. The lowest BCUT2D eigenvalue weighted by atomic mass is 9.96. The van der Waals surface area contributed by atoms with E-state index >= 15 is 0 Å². The van der Waals surface area contributed by atoms with Crippen molar-refractivity contribution in [3.8, 4) is 39.9 Å². The van der Waals surface area contributed by atoms with Gasteiger partial charge in [0.1, 0.15) is 11.2 Å². The number of furan rings is 1. The van der Waals surface area contributed by atoms with Gasteiger partial charge < -0.3 is 8.98 Å². The molecule has 0 radical (unpaired) electrons. The Kier molecular flexibility index (Phi) is 7.72. The molecule has 0 saturated carbocycles. The molecule has 314 valence electrons. The summed E-state index contributed by atoms with van der Waals surface area (Å²) in [6.07, 6.45) is 0. The number of fused-ring (bicyclic) bond motifs is 15. The van der Waals surface area contributed by atoms with Crippen LogP contribution in [-0.4, -0.2) is 19.5 Å². The molecule has 15 rings (SSSR count). The number of nitrogens with zero attached hydrogens (tertiary/aromatic N) is 4. The predicted octanol–water partition coefficient (Wildman–Crippen LogP) is 16.8. The van der Waals surface area contributed by atoms with Crippen molar-refractivity contribution in [1.82, 2.24) is 19.5 Å². The Morgan fingerprint density at radius 2 is 0.794 bits per heavy atom. The molecule has 3 aromatic heterocycles. The highest BCUT2D eigenvalue weighted by molar-refractivity contribution is 6.24. The normalized spacial score (nSPS) is 12.1. The third-order valence-electron chi connectivity index (χ3n) is 14.1. The molecule has 0 aliphatic rings. The summed E-state index contributed by atoms with van der Waals surface area (Å²) >= 11 is 0. The van der Waals surface area contributed by atoms with Gasteiger partial charge in [-0.3, -0.25) is 0 Å². The largest absolute Gasteiger partial charge is 0.456 e.